The number of benzene rings is 1. The molecule has 0 atom stereocenters. The van der Waals surface area contributed by atoms with Crippen molar-refractivity contribution < 1.29 is 4.74 Å². The predicted octanol–water partition coefficient (Wildman–Crippen LogP) is 2.45. The minimum atomic E-state index is 0.117. The Morgan fingerprint density at radius 1 is 1.45 bits per heavy atom. The third-order valence-corrected chi connectivity index (χ3v) is 3.32. The van der Waals surface area contributed by atoms with Crippen LogP contribution in [0.2, 0.25) is 0 Å². The lowest BCUT2D eigenvalue weighted by Crippen LogP contribution is -2.02. The Kier molecular flexibility index (Phi) is 5.07. The van der Waals surface area contributed by atoms with Crippen molar-refractivity contribution in [3.8, 4) is 5.75 Å². The number of nitrogen functional groups attached to an aromatic ring is 1. The van der Waals surface area contributed by atoms with Crippen molar-refractivity contribution in [2.75, 3.05) is 12.3 Å². The maximum Gasteiger partial charge on any atom is 0.263 e. The minimum Gasteiger partial charge on any atom is -0.492 e. The van der Waals surface area contributed by atoms with Gasteiger partial charge in [-0.2, -0.15) is 5.10 Å². The van der Waals surface area contributed by atoms with Gasteiger partial charge in [-0.15, -0.1) is 0 Å². The molecule has 7 nitrogen and oxygen atoms in total. The van der Waals surface area contributed by atoms with Crippen LogP contribution in [0, 0.1) is 0 Å². The van der Waals surface area contributed by atoms with Crippen molar-refractivity contribution in [2.45, 2.75) is 13.3 Å². The number of halogens is 2. The standard InChI is InChI=1S/C11H12Br2N6O/c1-2-3-20-10-7(4-8(12)5-9(10)13)6-15-19-11(14)16-17-18-19/h4-6H,2-3H2,1H3,(H2,14,16,18). The zero-order chi connectivity index (χ0) is 14.5. The van der Waals surface area contributed by atoms with Gasteiger partial charge in [0.05, 0.1) is 17.3 Å². The molecule has 2 aromatic rings. The Hall–Kier alpha value is -1.48. The van der Waals surface area contributed by atoms with Crippen LogP contribution in [0.25, 0.3) is 0 Å². The summed E-state index contributed by atoms with van der Waals surface area (Å²) in [4.78, 5) is 1.14. The van der Waals surface area contributed by atoms with E-state index in [0.717, 1.165) is 25.7 Å². The summed E-state index contributed by atoms with van der Waals surface area (Å²) >= 11 is 6.90. The quantitative estimate of drug-likeness (QED) is 0.774. The number of rotatable bonds is 5. The number of nitrogens with two attached hydrogens (primary N) is 1. The van der Waals surface area contributed by atoms with Crippen molar-refractivity contribution in [1.82, 2.24) is 20.3 Å². The highest BCUT2D eigenvalue weighted by Crippen LogP contribution is 2.32. The van der Waals surface area contributed by atoms with Gasteiger partial charge in [0.25, 0.3) is 5.95 Å². The van der Waals surface area contributed by atoms with E-state index in [2.05, 4.69) is 52.5 Å². The second kappa shape index (κ2) is 6.80. The van der Waals surface area contributed by atoms with Gasteiger partial charge in [-0.25, -0.2) is 0 Å². The van der Waals surface area contributed by atoms with Gasteiger partial charge in [0.1, 0.15) is 5.75 Å². The van der Waals surface area contributed by atoms with Gasteiger partial charge in [-0.1, -0.05) is 32.7 Å². The maximum atomic E-state index is 5.72. The molecule has 1 heterocycles. The van der Waals surface area contributed by atoms with Gasteiger partial charge >= 0.3 is 0 Å². The smallest absolute Gasteiger partial charge is 0.263 e. The van der Waals surface area contributed by atoms with Gasteiger partial charge < -0.3 is 10.5 Å². The highest BCUT2D eigenvalue weighted by atomic mass is 79.9. The average molecular weight is 404 g/mol. The van der Waals surface area contributed by atoms with E-state index in [0.29, 0.717) is 12.4 Å². The van der Waals surface area contributed by atoms with E-state index in [4.69, 9.17) is 10.5 Å². The highest BCUT2D eigenvalue weighted by Gasteiger charge is 2.09. The topological polar surface area (TPSA) is 91.2 Å². The highest BCUT2D eigenvalue weighted by molar-refractivity contribution is 9.11. The zero-order valence-electron chi connectivity index (χ0n) is 10.6. The number of hydrogen-bond donors (Lipinski definition) is 1. The number of ether oxygens (including phenoxy) is 1. The van der Waals surface area contributed by atoms with Crippen LogP contribution < -0.4 is 10.5 Å². The molecule has 0 bridgehead atoms. The van der Waals surface area contributed by atoms with Gasteiger partial charge in [0.2, 0.25) is 0 Å². The first-order valence-corrected chi connectivity index (χ1v) is 7.40. The number of anilines is 1. The van der Waals surface area contributed by atoms with E-state index in [1.54, 1.807) is 6.21 Å². The first-order chi connectivity index (χ1) is 9.61. The molecule has 0 fully saturated rings. The van der Waals surface area contributed by atoms with Crippen LogP contribution in [0.4, 0.5) is 5.95 Å². The SMILES string of the molecule is CCCOc1c(Br)cc(Br)cc1C=Nn1nnnc1N. The average Bonchev–Trinajstić information content (AvgIpc) is 2.80. The van der Waals surface area contributed by atoms with Gasteiger partial charge in [-0.3, -0.25) is 0 Å². The molecule has 9 heteroatoms. The Morgan fingerprint density at radius 2 is 2.25 bits per heavy atom. The fourth-order valence-corrected chi connectivity index (χ4v) is 2.79. The summed E-state index contributed by atoms with van der Waals surface area (Å²) in [5.41, 5.74) is 6.33. The first kappa shape index (κ1) is 14.9. The minimum absolute atomic E-state index is 0.117. The lowest BCUT2D eigenvalue weighted by Gasteiger charge is -2.10. The van der Waals surface area contributed by atoms with Gasteiger partial charge in [0, 0.05) is 10.0 Å². The first-order valence-electron chi connectivity index (χ1n) is 5.82. The predicted molar refractivity (Wildman–Crippen MR) is 82.8 cm³/mol. The van der Waals surface area contributed by atoms with Crippen molar-refractivity contribution in [3.63, 3.8) is 0 Å². The Morgan fingerprint density at radius 3 is 2.90 bits per heavy atom. The largest absolute Gasteiger partial charge is 0.492 e. The van der Waals surface area contributed by atoms with Crippen LogP contribution >= 0.6 is 31.9 Å². The molecule has 0 unspecified atom stereocenters. The summed E-state index contributed by atoms with van der Waals surface area (Å²) < 4.78 is 7.46. The van der Waals surface area contributed by atoms with Crippen LogP contribution in [-0.2, 0) is 0 Å². The Balaban J connectivity index is 2.34. The van der Waals surface area contributed by atoms with Crippen molar-refractivity contribution in [2.24, 2.45) is 5.10 Å². The van der Waals surface area contributed by atoms with Gasteiger partial charge in [0.15, 0.2) is 0 Å². The molecule has 0 spiro atoms. The molecule has 2 rings (SSSR count). The molecular formula is C11H12Br2N6O. The number of nitrogens with zero attached hydrogens (tertiary/aromatic N) is 5. The molecule has 2 N–H and O–H groups in total. The molecule has 0 radical (unpaired) electrons. The van der Waals surface area contributed by atoms with E-state index >= 15 is 0 Å². The summed E-state index contributed by atoms with van der Waals surface area (Å²) in [6, 6.07) is 3.80. The lowest BCUT2D eigenvalue weighted by atomic mass is 10.2. The molecule has 1 aromatic carbocycles. The second-order valence-corrected chi connectivity index (χ2v) is 5.60. The summed E-state index contributed by atoms with van der Waals surface area (Å²) in [6.07, 6.45) is 2.51. The molecule has 0 aliphatic carbocycles. The van der Waals surface area contributed by atoms with Crippen molar-refractivity contribution in [1.29, 1.82) is 0 Å². The Labute approximate surface area is 132 Å². The zero-order valence-corrected chi connectivity index (χ0v) is 13.8. The fraction of sp³-hybridized carbons (Fsp3) is 0.273. The van der Waals surface area contributed by atoms with E-state index in [1.807, 2.05) is 19.1 Å². The van der Waals surface area contributed by atoms with Crippen molar-refractivity contribution >= 4 is 44.0 Å². The summed E-state index contributed by atoms with van der Waals surface area (Å²) in [5, 5.41) is 14.7. The van der Waals surface area contributed by atoms with Crippen LogP contribution in [0.3, 0.4) is 0 Å². The van der Waals surface area contributed by atoms with E-state index in [-0.39, 0.29) is 5.95 Å². The molecule has 106 valence electrons. The van der Waals surface area contributed by atoms with Crippen LogP contribution in [0.1, 0.15) is 18.9 Å². The number of hydrogen-bond acceptors (Lipinski definition) is 6. The second-order valence-electron chi connectivity index (χ2n) is 3.83. The van der Waals surface area contributed by atoms with Crippen LogP contribution in [0.15, 0.2) is 26.2 Å². The summed E-state index contributed by atoms with van der Waals surface area (Å²) in [6.45, 7) is 2.66. The van der Waals surface area contributed by atoms with Gasteiger partial charge in [-0.05, 0) is 44.9 Å². The molecule has 1 aromatic heterocycles. The molecule has 0 aliphatic heterocycles. The van der Waals surface area contributed by atoms with Crippen LogP contribution in [0.5, 0.6) is 5.75 Å². The Bertz CT molecular complexity index is 627. The van der Waals surface area contributed by atoms with E-state index < -0.39 is 0 Å². The molecule has 0 saturated carbocycles. The monoisotopic (exact) mass is 402 g/mol. The maximum absolute atomic E-state index is 5.72. The summed E-state index contributed by atoms with van der Waals surface area (Å²) in [5.74, 6) is 0.830. The molecule has 20 heavy (non-hydrogen) atoms. The van der Waals surface area contributed by atoms with Crippen LogP contribution in [-0.4, -0.2) is 33.1 Å². The lowest BCUT2D eigenvalue weighted by molar-refractivity contribution is 0.315. The van der Waals surface area contributed by atoms with E-state index in [1.165, 1.54) is 0 Å². The molecular weight excluding hydrogens is 392 g/mol. The third-order valence-electron chi connectivity index (χ3n) is 2.27. The van der Waals surface area contributed by atoms with Crippen molar-refractivity contribution in [3.05, 3.63) is 26.6 Å². The molecule has 0 amide bonds. The number of aromatic nitrogens is 4. The number of tetrazole rings is 1. The van der Waals surface area contributed by atoms with E-state index in [9.17, 15) is 0 Å². The fourth-order valence-electron chi connectivity index (χ4n) is 1.42. The molecule has 0 saturated heterocycles. The third kappa shape index (κ3) is 3.54. The summed E-state index contributed by atoms with van der Waals surface area (Å²) in [7, 11) is 0. The normalized spacial score (nSPS) is 11.2. The molecule has 0 aliphatic rings.